The second-order valence-electron chi connectivity index (χ2n) is 8.24. The fourth-order valence-electron chi connectivity index (χ4n) is 4.35. The van der Waals surface area contributed by atoms with Crippen LogP contribution in [0.15, 0.2) is 72.8 Å². The quantitative estimate of drug-likeness (QED) is 0.268. The lowest BCUT2D eigenvalue weighted by atomic mass is 9.97. The van der Waals surface area contributed by atoms with Crippen LogP contribution >= 0.6 is 0 Å². The van der Waals surface area contributed by atoms with E-state index in [9.17, 15) is 14.4 Å². The minimum atomic E-state index is -0.587. The Balaban J connectivity index is 1.35. The van der Waals surface area contributed by atoms with Crippen molar-refractivity contribution in [1.82, 2.24) is 5.06 Å². The third kappa shape index (κ3) is 3.96. The van der Waals surface area contributed by atoms with Crippen LogP contribution in [0, 0.1) is 0 Å². The molecule has 0 unspecified atom stereocenters. The zero-order chi connectivity index (χ0) is 22.9. The third-order valence-corrected chi connectivity index (χ3v) is 6.12. The van der Waals surface area contributed by atoms with Crippen molar-refractivity contribution in [1.29, 1.82) is 0 Å². The number of hydrogen-bond donors (Lipinski definition) is 0. The molecule has 1 fully saturated rings. The largest absolute Gasteiger partial charge is 0.333 e. The Morgan fingerprint density at radius 1 is 0.909 bits per heavy atom. The van der Waals surface area contributed by atoms with Crippen molar-refractivity contribution in [3.8, 4) is 11.1 Å². The van der Waals surface area contributed by atoms with Gasteiger partial charge in [-0.2, -0.15) is 4.57 Å². The SMILES string of the molecule is C[n+]1c2ccccc2cc2c(-c3ccc(CCC(=O)ON4C(=O)CCC4=O)cc3)cccc21. The minimum absolute atomic E-state index is 0.0898. The van der Waals surface area contributed by atoms with Gasteiger partial charge in [-0.1, -0.05) is 48.5 Å². The molecule has 0 radical (unpaired) electrons. The van der Waals surface area contributed by atoms with E-state index in [2.05, 4.69) is 60.1 Å². The number of aromatic nitrogens is 1. The zero-order valence-electron chi connectivity index (χ0n) is 18.3. The van der Waals surface area contributed by atoms with Crippen molar-refractivity contribution in [3.63, 3.8) is 0 Å². The molecule has 4 aromatic rings. The van der Waals surface area contributed by atoms with Gasteiger partial charge in [-0.15, -0.1) is 5.06 Å². The second kappa shape index (κ2) is 8.47. The average Bonchev–Trinajstić information content (AvgIpc) is 3.15. The van der Waals surface area contributed by atoms with Gasteiger partial charge in [0.05, 0.1) is 11.8 Å². The van der Waals surface area contributed by atoms with Crippen molar-refractivity contribution < 1.29 is 23.8 Å². The van der Waals surface area contributed by atoms with Gasteiger partial charge in [0.15, 0.2) is 0 Å². The molecule has 2 heterocycles. The molecule has 164 valence electrons. The number of carbonyl (C=O) groups is 3. The number of rotatable bonds is 5. The van der Waals surface area contributed by atoms with E-state index in [1.54, 1.807) is 0 Å². The van der Waals surface area contributed by atoms with E-state index in [1.807, 2.05) is 24.3 Å². The Morgan fingerprint density at radius 3 is 2.36 bits per heavy atom. The smallest absolute Gasteiger partial charge is 0.330 e. The summed E-state index contributed by atoms with van der Waals surface area (Å²) in [6, 6.07) is 25.0. The van der Waals surface area contributed by atoms with Gasteiger partial charge in [-0.05, 0) is 35.2 Å². The Bertz CT molecular complexity index is 1390. The highest BCUT2D eigenvalue weighted by Crippen LogP contribution is 2.29. The molecular formula is C27H23N2O4+. The molecule has 1 aromatic heterocycles. The van der Waals surface area contributed by atoms with E-state index in [4.69, 9.17) is 4.84 Å². The molecule has 0 aliphatic carbocycles. The molecule has 0 saturated carbocycles. The van der Waals surface area contributed by atoms with Crippen molar-refractivity contribution in [2.75, 3.05) is 0 Å². The van der Waals surface area contributed by atoms with Crippen molar-refractivity contribution in [3.05, 3.63) is 78.4 Å². The van der Waals surface area contributed by atoms with Crippen LogP contribution in [0.2, 0.25) is 0 Å². The Kier molecular flexibility index (Phi) is 5.34. The van der Waals surface area contributed by atoms with Gasteiger partial charge in [-0.3, -0.25) is 9.59 Å². The number of hydroxylamine groups is 2. The van der Waals surface area contributed by atoms with E-state index in [0.717, 1.165) is 22.2 Å². The molecule has 0 atom stereocenters. The predicted octanol–water partition coefficient (Wildman–Crippen LogP) is 4.02. The molecule has 6 nitrogen and oxygen atoms in total. The van der Waals surface area contributed by atoms with Crippen molar-refractivity contribution >= 4 is 39.6 Å². The molecule has 0 bridgehead atoms. The number of nitrogens with zero attached hydrogens (tertiary/aromatic N) is 2. The van der Waals surface area contributed by atoms with E-state index in [1.165, 1.54) is 16.3 Å². The second-order valence-corrected chi connectivity index (χ2v) is 8.24. The Hall–Kier alpha value is -4.06. The van der Waals surface area contributed by atoms with Crippen LogP contribution in [0.5, 0.6) is 0 Å². The van der Waals surface area contributed by atoms with Crippen molar-refractivity contribution in [2.45, 2.75) is 25.7 Å². The third-order valence-electron chi connectivity index (χ3n) is 6.12. The van der Waals surface area contributed by atoms with Crippen LogP contribution in [-0.4, -0.2) is 22.8 Å². The van der Waals surface area contributed by atoms with E-state index in [0.29, 0.717) is 11.5 Å². The summed E-state index contributed by atoms with van der Waals surface area (Å²) in [6.45, 7) is 0. The number of amides is 2. The lowest BCUT2D eigenvalue weighted by molar-refractivity contribution is -0.617. The van der Waals surface area contributed by atoms with Gasteiger partial charge >= 0.3 is 5.97 Å². The maximum absolute atomic E-state index is 12.1. The molecule has 3 aromatic carbocycles. The number of aryl methyl sites for hydroxylation is 2. The Morgan fingerprint density at radius 2 is 1.61 bits per heavy atom. The van der Waals surface area contributed by atoms with Gasteiger partial charge in [-0.25, -0.2) is 4.79 Å². The number of pyridine rings is 1. The monoisotopic (exact) mass is 439 g/mol. The van der Waals surface area contributed by atoms with Crippen molar-refractivity contribution in [2.24, 2.45) is 7.05 Å². The van der Waals surface area contributed by atoms with E-state index < -0.39 is 17.8 Å². The lowest BCUT2D eigenvalue weighted by Gasteiger charge is -2.12. The summed E-state index contributed by atoms with van der Waals surface area (Å²) in [4.78, 5) is 40.2. The fourth-order valence-corrected chi connectivity index (χ4v) is 4.35. The van der Waals surface area contributed by atoms with Crippen LogP contribution in [0.3, 0.4) is 0 Å². The molecule has 1 aliphatic heterocycles. The normalized spacial score (nSPS) is 13.8. The molecule has 5 rings (SSSR count). The van der Waals surface area contributed by atoms with Crippen LogP contribution in [0.25, 0.3) is 32.9 Å². The molecular weight excluding hydrogens is 416 g/mol. The molecule has 1 aliphatic rings. The number of imide groups is 1. The molecule has 2 amide bonds. The Labute approximate surface area is 191 Å². The summed E-state index contributed by atoms with van der Waals surface area (Å²) < 4.78 is 2.21. The summed E-state index contributed by atoms with van der Waals surface area (Å²) in [5.41, 5.74) is 5.55. The highest BCUT2D eigenvalue weighted by molar-refractivity contribution is 6.01. The summed E-state index contributed by atoms with van der Waals surface area (Å²) in [5.74, 6) is -1.51. The topological polar surface area (TPSA) is 67.6 Å². The summed E-state index contributed by atoms with van der Waals surface area (Å²) >= 11 is 0. The lowest BCUT2D eigenvalue weighted by Crippen LogP contribution is -2.32. The highest BCUT2D eigenvalue weighted by atomic mass is 16.7. The summed E-state index contributed by atoms with van der Waals surface area (Å²) in [5, 5.41) is 2.95. The molecule has 33 heavy (non-hydrogen) atoms. The number of hydrogen-bond acceptors (Lipinski definition) is 4. The maximum Gasteiger partial charge on any atom is 0.333 e. The van der Waals surface area contributed by atoms with Gasteiger partial charge in [0.25, 0.3) is 11.8 Å². The zero-order valence-corrected chi connectivity index (χ0v) is 18.3. The maximum atomic E-state index is 12.1. The average molecular weight is 439 g/mol. The number of fused-ring (bicyclic) bond motifs is 2. The first-order valence-electron chi connectivity index (χ1n) is 11.0. The van der Waals surface area contributed by atoms with E-state index >= 15 is 0 Å². The number of para-hydroxylation sites is 1. The first-order valence-corrected chi connectivity index (χ1v) is 11.0. The first-order chi connectivity index (χ1) is 16.0. The summed E-state index contributed by atoms with van der Waals surface area (Å²) in [6.07, 6.45) is 0.738. The van der Waals surface area contributed by atoms with Gasteiger partial charge in [0.2, 0.25) is 11.0 Å². The van der Waals surface area contributed by atoms with Gasteiger partial charge < -0.3 is 4.84 Å². The molecule has 0 N–H and O–H groups in total. The molecule has 1 saturated heterocycles. The molecule has 0 spiro atoms. The predicted molar refractivity (Wildman–Crippen MR) is 124 cm³/mol. The van der Waals surface area contributed by atoms with Crippen LogP contribution in [-0.2, 0) is 32.7 Å². The fraction of sp³-hybridized carbons (Fsp3) is 0.185. The van der Waals surface area contributed by atoms with E-state index in [-0.39, 0.29) is 19.3 Å². The van der Waals surface area contributed by atoms with Gasteiger partial charge in [0, 0.05) is 30.4 Å². The standard InChI is InChI=1S/C27H23N2O4/c1-28-23-7-3-2-5-20(23)17-22-21(6-4-8-24(22)28)19-12-9-18(10-13-19)11-16-27(32)33-29-25(30)14-15-26(29)31/h2-10,12-13,17H,11,14-16H2,1H3/q+1. The first kappa shape index (κ1) is 20.8. The van der Waals surface area contributed by atoms with Gasteiger partial charge in [0.1, 0.15) is 7.05 Å². The number of carbonyl (C=O) groups excluding carboxylic acids is 3. The van der Waals surface area contributed by atoms with Crippen LogP contribution < -0.4 is 4.57 Å². The minimum Gasteiger partial charge on any atom is -0.330 e. The highest BCUT2D eigenvalue weighted by Gasteiger charge is 2.32. The van der Waals surface area contributed by atoms with Crippen LogP contribution in [0.4, 0.5) is 0 Å². The number of benzene rings is 3. The van der Waals surface area contributed by atoms with Crippen LogP contribution in [0.1, 0.15) is 24.8 Å². The molecule has 6 heteroatoms. The summed E-state index contributed by atoms with van der Waals surface area (Å²) in [7, 11) is 2.08.